The van der Waals surface area contributed by atoms with Gasteiger partial charge in [-0.05, 0) is 49.1 Å². The van der Waals surface area contributed by atoms with E-state index in [0.717, 1.165) is 41.3 Å². The largest absolute Gasteiger partial charge is 0.396 e. The predicted molar refractivity (Wildman–Crippen MR) is 117 cm³/mol. The number of aliphatic hydroxyl groups excluding tert-OH is 1. The number of rotatable bonds is 6. The van der Waals surface area contributed by atoms with E-state index in [1.165, 1.54) is 18.4 Å². The van der Waals surface area contributed by atoms with Crippen LogP contribution < -0.4 is 5.32 Å². The molecule has 2 aliphatic carbocycles. The molecule has 6 rings (SSSR count). The molecule has 2 saturated carbocycles. The minimum Gasteiger partial charge on any atom is -0.396 e. The Morgan fingerprint density at radius 2 is 2.00 bits per heavy atom. The summed E-state index contributed by atoms with van der Waals surface area (Å²) in [6.07, 6.45) is 12.0. The van der Waals surface area contributed by atoms with Crippen molar-refractivity contribution in [2.45, 2.75) is 37.6 Å². The molecule has 31 heavy (non-hydrogen) atoms. The summed E-state index contributed by atoms with van der Waals surface area (Å²) < 4.78 is 5.72. The van der Waals surface area contributed by atoms with Crippen LogP contribution >= 0.6 is 0 Å². The first-order valence-electron chi connectivity index (χ1n) is 10.9. The molecule has 4 heterocycles. The van der Waals surface area contributed by atoms with E-state index in [9.17, 15) is 5.11 Å². The van der Waals surface area contributed by atoms with Crippen molar-refractivity contribution in [2.24, 2.45) is 20.0 Å². The van der Waals surface area contributed by atoms with Gasteiger partial charge in [-0.15, -0.1) is 5.10 Å². The lowest BCUT2D eigenvalue weighted by atomic mass is 9.81. The number of nitrogens with zero attached hydrogens (tertiary/aromatic N) is 7. The highest BCUT2D eigenvalue weighted by Crippen LogP contribution is 2.48. The second-order valence-electron chi connectivity index (χ2n) is 8.91. The normalized spacial score (nSPS) is 20.9. The van der Waals surface area contributed by atoms with Crippen molar-refractivity contribution in [3.05, 3.63) is 36.4 Å². The summed E-state index contributed by atoms with van der Waals surface area (Å²) in [7, 11) is 3.89. The second kappa shape index (κ2) is 6.91. The summed E-state index contributed by atoms with van der Waals surface area (Å²) in [5.41, 5.74) is 4.40. The van der Waals surface area contributed by atoms with Crippen LogP contribution in [0.5, 0.6) is 0 Å². The number of hydrogen-bond acceptors (Lipinski definition) is 6. The SMILES string of the molecule is Cn1ccc(-c2cn3nc(-c4nccn4C)nc(NC4CC(CO)C4)c3c2C2CC2)n1. The third kappa shape index (κ3) is 3.11. The molecule has 0 amide bonds. The Labute approximate surface area is 179 Å². The van der Waals surface area contributed by atoms with Gasteiger partial charge in [-0.3, -0.25) is 4.68 Å². The highest BCUT2D eigenvalue weighted by molar-refractivity contribution is 5.84. The van der Waals surface area contributed by atoms with E-state index in [4.69, 9.17) is 10.1 Å². The quantitative estimate of drug-likeness (QED) is 0.499. The number of anilines is 1. The average molecular weight is 419 g/mol. The van der Waals surface area contributed by atoms with Crippen molar-refractivity contribution in [1.82, 2.24) is 33.9 Å². The molecule has 160 valence electrons. The van der Waals surface area contributed by atoms with Crippen molar-refractivity contribution in [2.75, 3.05) is 11.9 Å². The first-order chi connectivity index (χ1) is 15.1. The molecule has 0 aliphatic heterocycles. The third-order valence-electron chi connectivity index (χ3n) is 6.50. The number of aromatic nitrogens is 7. The van der Waals surface area contributed by atoms with E-state index in [1.807, 2.05) is 40.3 Å². The third-order valence-corrected chi connectivity index (χ3v) is 6.50. The molecule has 0 radical (unpaired) electrons. The van der Waals surface area contributed by atoms with Gasteiger partial charge < -0.3 is 15.0 Å². The fraction of sp³-hybridized carbons (Fsp3) is 0.455. The van der Waals surface area contributed by atoms with Crippen LogP contribution in [-0.2, 0) is 14.1 Å². The lowest BCUT2D eigenvalue weighted by Gasteiger charge is -2.35. The molecular formula is C22H26N8O. The van der Waals surface area contributed by atoms with Crippen molar-refractivity contribution in [3.63, 3.8) is 0 Å². The van der Waals surface area contributed by atoms with Crippen molar-refractivity contribution in [3.8, 4) is 22.9 Å². The van der Waals surface area contributed by atoms with Crippen molar-refractivity contribution in [1.29, 1.82) is 0 Å². The molecule has 2 fully saturated rings. The molecule has 0 spiro atoms. The van der Waals surface area contributed by atoms with Gasteiger partial charge in [0.25, 0.3) is 0 Å². The van der Waals surface area contributed by atoms with Crippen LogP contribution in [-0.4, -0.2) is 51.7 Å². The van der Waals surface area contributed by atoms with Gasteiger partial charge in [0.05, 0.1) is 5.69 Å². The van der Waals surface area contributed by atoms with Crippen LogP contribution in [0.1, 0.15) is 37.2 Å². The minimum atomic E-state index is 0.248. The van der Waals surface area contributed by atoms with Crippen LogP contribution in [0.2, 0.25) is 0 Å². The Morgan fingerprint density at radius 1 is 1.16 bits per heavy atom. The van der Waals surface area contributed by atoms with Crippen molar-refractivity contribution < 1.29 is 5.11 Å². The summed E-state index contributed by atoms with van der Waals surface area (Å²) in [5, 5.41) is 22.6. The summed E-state index contributed by atoms with van der Waals surface area (Å²) in [6, 6.07) is 2.36. The monoisotopic (exact) mass is 418 g/mol. The zero-order valence-corrected chi connectivity index (χ0v) is 17.7. The average Bonchev–Trinajstić information content (AvgIpc) is 3.13. The zero-order valence-electron chi connectivity index (χ0n) is 17.7. The van der Waals surface area contributed by atoms with Gasteiger partial charge in [0.15, 0.2) is 11.6 Å². The van der Waals surface area contributed by atoms with E-state index in [2.05, 4.69) is 27.7 Å². The molecule has 0 bridgehead atoms. The highest BCUT2D eigenvalue weighted by Gasteiger charge is 2.34. The number of aryl methyl sites for hydroxylation is 2. The fourth-order valence-electron chi connectivity index (χ4n) is 4.63. The summed E-state index contributed by atoms with van der Waals surface area (Å²) in [6.45, 7) is 0.248. The molecule has 4 aromatic rings. The van der Waals surface area contributed by atoms with E-state index in [-0.39, 0.29) is 6.61 Å². The van der Waals surface area contributed by atoms with E-state index in [0.29, 0.717) is 23.7 Å². The highest BCUT2D eigenvalue weighted by atomic mass is 16.3. The van der Waals surface area contributed by atoms with E-state index in [1.54, 1.807) is 6.20 Å². The van der Waals surface area contributed by atoms with Crippen LogP contribution in [0.15, 0.2) is 30.9 Å². The smallest absolute Gasteiger partial charge is 0.218 e. The van der Waals surface area contributed by atoms with Gasteiger partial charge in [0.2, 0.25) is 5.82 Å². The van der Waals surface area contributed by atoms with Crippen LogP contribution in [0.3, 0.4) is 0 Å². The van der Waals surface area contributed by atoms with Gasteiger partial charge in [-0.1, -0.05) is 0 Å². The number of imidazole rings is 1. The Kier molecular flexibility index (Phi) is 4.14. The maximum atomic E-state index is 9.42. The van der Waals surface area contributed by atoms with E-state index < -0.39 is 0 Å². The molecule has 2 N–H and O–H groups in total. The van der Waals surface area contributed by atoms with Crippen molar-refractivity contribution >= 4 is 11.3 Å². The van der Waals surface area contributed by atoms with Gasteiger partial charge in [0.1, 0.15) is 5.52 Å². The maximum absolute atomic E-state index is 9.42. The summed E-state index contributed by atoms with van der Waals surface area (Å²) in [5.74, 6) is 3.05. The number of aliphatic hydroxyl groups is 1. The van der Waals surface area contributed by atoms with Gasteiger partial charge in [-0.2, -0.15) is 5.10 Å². The standard InChI is InChI=1S/C22H26N8O/c1-28-8-6-23-22(28)21-25-20(24-15-9-13(10-15)12-31)19-18(14-3-4-14)16(11-30(19)27-21)17-5-7-29(2)26-17/h5-8,11,13-15,31H,3-4,9-10,12H2,1-2H3,(H,24,25,27). The molecule has 0 atom stereocenters. The first kappa shape index (κ1) is 18.6. The molecule has 0 saturated heterocycles. The molecule has 9 heteroatoms. The molecule has 9 nitrogen and oxygen atoms in total. The minimum absolute atomic E-state index is 0.248. The zero-order chi connectivity index (χ0) is 21.1. The van der Waals surface area contributed by atoms with Gasteiger partial charge in [0, 0.05) is 57.1 Å². The van der Waals surface area contributed by atoms with Gasteiger partial charge in [-0.25, -0.2) is 14.5 Å². The summed E-state index contributed by atoms with van der Waals surface area (Å²) >= 11 is 0. The second-order valence-corrected chi connectivity index (χ2v) is 8.91. The molecule has 0 unspecified atom stereocenters. The number of hydrogen-bond donors (Lipinski definition) is 2. The Bertz CT molecular complexity index is 1260. The van der Waals surface area contributed by atoms with Crippen LogP contribution in [0, 0.1) is 5.92 Å². The summed E-state index contributed by atoms with van der Waals surface area (Å²) in [4.78, 5) is 9.40. The fourth-order valence-corrected chi connectivity index (χ4v) is 4.63. The maximum Gasteiger partial charge on any atom is 0.218 e. The van der Waals surface area contributed by atoms with Crippen LogP contribution in [0.4, 0.5) is 5.82 Å². The van der Waals surface area contributed by atoms with Gasteiger partial charge >= 0.3 is 0 Å². The Morgan fingerprint density at radius 3 is 2.65 bits per heavy atom. The molecule has 4 aromatic heterocycles. The predicted octanol–water partition coefficient (Wildman–Crippen LogP) is 2.59. The molecule has 0 aromatic carbocycles. The Hall–Kier alpha value is -3.20. The lowest BCUT2D eigenvalue weighted by Crippen LogP contribution is -2.37. The number of nitrogens with one attached hydrogen (secondary N) is 1. The van der Waals surface area contributed by atoms with E-state index >= 15 is 0 Å². The number of fused-ring (bicyclic) bond motifs is 1. The molecule has 2 aliphatic rings. The Balaban J connectivity index is 1.53. The lowest BCUT2D eigenvalue weighted by molar-refractivity contribution is 0.151. The first-order valence-corrected chi connectivity index (χ1v) is 10.9. The molecular weight excluding hydrogens is 392 g/mol. The topological polar surface area (TPSA) is 98.1 Å². The van der Waals surface area contributed by atoms with Crippen LogP contribution in [0.25, 0.3) is 28.4 Å².